The van der Waals surface area contributed by atoms with Crippen LogP contribution in [0.2, 0.25) is 5.02 Å². The van der Waals surface area contributed by atoms with Crippen LogP contribution in [-0.4, -0.2) is 11.7 Å². The van der Waals surface area contributed by atoms with E-state index < -0.39 is 0 Å². The number of rotatable bonds is 3. The molecule has 0 saturated carbocycles. The highest BCUT2D eigenvalue weighted by Crippen LogP contribution is 2.33. The Balaban J connectivity index is 2.55. The minimum atomic E-state index is 0.191. The summed E-state index contributed by atoms with van der Waals surface area (Å²) in [6, 6.07) is 14.4. The number of aromatic hydroxyl groups is 1. The second-order valence-electron chi connectivity index (χ2n) is 4.01. The van der Waals surface area contributed by atoms with E-state index in [1.54, 1.807) is 24.3 Å². The van der Waals surface area contributed by atoms with Gasteiger partial charge < -0.3 is 10.0 Å². The molecule has 0 saturated heterocycles. The average Bonchev–Trinajstić information content (AvgIpc) is 2.40. The molecule has 0 unspecified atom stereocenters. The van der Waals surface area contributed by atoms with Gasteiger partial charge in [0.2, 0.25) is 0 Å². The van der Waals surface area contributed by atoms with E-state index in [1.807, 2.05) is 30.0 Å². The molecule has 3 nitrogen and oxygen atoms in total. The van der Waals surface area contributed by atoms with Gasteiger partial charge in [0.15, 0.2) is 0 Å². The molecule has 1 N–H and O–H groups in total. The lowest BCUT2D eigenvalue weighted by molar-refractivity contribution is 0.475. The van der Waals surface area contributed by atoms with Crippen molar-refractivity contribution in [2.24, 2.45) is 0 Å². The van der Waals surface area contributed by atoms with Gasteiger partial charge in [-0.25, -0.2) is 0 Å². The molecule has 0 spiro atoms. The van der Waals surface area contributed by atoms with Gasteiger partial charge in [-0.2, -0.15) is 5.26 Å². The van der Waals surface area contributed by atoms with Crippen molar-refractivity contribution in [1.82, 2.24) is 0 Å². The molecule has 96 valence electrons. The molecule has 0 bridgehead atoms. The fourth-order valence-electron chi connectivity index (χ4n) is 2.00. The van der Waals surface area contributed by atoms with Gasteiger partial charge >= 0.3 is 0 Å². The molecule has 0 heterocycles. The molecule has 0 amide bonds. The summed E-state index contributed by atoms with van der Waals surface area (Å²) in [5.74, 6) is 0.191. The summed E-state index contributed by atoms with van der Waals surface area (Å²) in [5, 5.41) is 19.2. The third-order valence-electron chi connectivity index (χ3n) is 2.85. The molecule has 0 atom stereocenters. The fraction of sp³-hybridized carbons (Fsp3) is 0.133. The third-order valence-corrected chi connectivity index (χ3v) is 3.17. The Labute approximate surface area is 117 Å². The topological polar surface area (TPSA) is 47.3 Å². The Morgan fingerprint density at radius 2 is 2.00 bits per heavy atom. The molecule has 2 aromatic rings. The van der Waals surface area contributed by atoms with Gasteiger partial charge in [-0.15, -0.1) is 0 Å². The fourth-order valence-corrected chi connectivity index (χ4v) is 2.21. The zero-order chi connectivity index (χ0) is 13.8. The lowest BCUT2D eigenvalue weighted by atomic mass is 10.1. The summed E-state index contributed by atoms with van der Waals surface area (Å²) in [5.41, 5.74) is 2.00. The number of nitriles is 1. The van der Waals surface area contributed by atoms with Crippen LogP contribution in [0, 0.1) is 11.3 Å². The Hall–Kier alpha value is -2.18. The van der Waals surface area contributed by atoms with Gasteiger partial charge in [-0.05, 0) is 31.2 Å². The molecular formula is C15H13ClN2O. The standard InChI is InChI=1S/C15H13ClN2O/c1-2-18(11-5-3-6-12(19)9-11)15-8-4-7-14(16)13(15)10-17/h3-9,19H,2H2,1H3. The number of halogens is 1. The van der Waals surface area contributed by atoms with Crippen LogP contribution >= 0.6 is 11.6 Å². The Morgan fingerprint density at radius 1 is 1.26 bits per heavy atom. The SMILES string of the molecule is CCN(c1cccc(O)c1)c1cccc(Cl)c1C#N. The molecule has 0 aliphatic heterocycles. The molecule has 4 heteroatoms. The second-order valence-corrected chi connectivity index (χ2v) is 4.42. The number of nitrogens with zero attached hydrogens (tertiary/aromatic N) is 2. The highest BCUT2D eigenvalue weighted by molar-refractivity contribution is 6.32. The van der Waals surface area contributed by atoms with Gasteiger partial charge in [0.1, 0.15) is 11.8 Å². The van der Waals surface area contributed by atoms with Crippen molar-refractivity contribution in [3.8, 4) is 11.8 Å². The van der Waals surface area contributed by atoms with Gasteiger partial charge in [0.25, 0.3) is 0 Å². The number of anilines is 2. The largest absolute Gasteiger partial charge is 0.508 e. The van der Waals surface area contributed by atoms with E-state index in [0.717, 1.165) is 11.4 Å². The van der Waals surface area contributed by atoms with Crippen molar-refractivity contribution in [2.75, 3.05) is 11.4 Å². The van der Waals surface area contributed by atoms with Gasteiger partial charge in [0.05, 0.1) is 16.3 Å². The number of hydrogen-bond acceptors (Lipinski definition) is 3. The maximum absolute atomic E-state index is 9.57. The summed E-state index contributed by atoms with van der Waals surface area (Å²) >= 11 is 6.05. The number of phenolic OH excluding ortho intramolecular Hbond substituents is 1. The second kappa shape index (κ2) is 5.64. The zero-order valence-electron chi connectivity index (χ0n) is 10.5. The summed E-state index contributed by atoms with van der Waals surface area (Å²) in [6.45, 7) is 2.64. The van der Waals surface area contributed by atoms with E-state index >= 15 is 0 Å². The van der Waals surface area contributed by atoms with E-state index in [0.29, 0.717) is 17.1 Å². The quantitative estimate of drug-likeness (QED) is 0.916. The minimum Gasteiger partial charge on any atom is -0.508 e. The lowest BCUT2D eigenvalue weighted by Gasteiger charge is -2.24. The van der Waals surface area contributed by atoms with Crippen LogP contribution in [-0.2, 0) is 0 Å². The van der Waals surface area contributed by atoms with Crippen molar-refractivity contribution < 1.29 is 5.11 Å². The van der Waals surface area contributed by atoms with Crippen molar-refractivity contribution in [3.05, 3.63) is 53.1 Å². The van der Waals surface area contributed by atoms with Crippen molar-refractivity contribution in [1.29, 1.82) is 5.26 Å². The monoisotopic (exact) mass is 272 g/mol. The first-order chi connectivity index (χ1) is 9.17. The molecule has 0 fully saturated rings. The molecule has 0 aromatic heterocycles. The summed E-state index contributed by atoms with van der Waals surface area (Å²) < 4.78 is 0. The minimum absolute atomic E-state index is 0.191. The summed E-state index contributed by atoms with van der Waals surface area (Å²) in [7, 11) is 0. The van der Waals surface area contributed by atoms with E-state index in [-0.39, 0.29) is 5.75 Å². The smallest absolute Gasteiger partial charge is 0.117 e. The molecule has 0 radical (unpaired) electrons. The van der Waals surface area contributed by atoms with Crippen LogP contribution < -0.4 is 4.90 Å². The number of hydrogen-bond donors (Lipinski definition) is 1. The maximum atomic E-state index is 9.57. The number of benzene rings is 2. The highest BCUT2D eigenvalue weighted by atomic mass is 35.5. The average molecular weight is 273 g/mol. The van der Waals surface area contributed by atoms with Crippen LogP contribution in [0.5, 0.6) is 5.75 Å². The van der Waals surface area contributed by atoms with Crippen LogP contribution in [0.1, 0.15) is 12.5 Å². The first-order valence-corrected chi connectivity index (χ1v) is 6.30. The molecule has 19 heavy (non-hydrogen) atoms. The van der Waals surface area contributed by atoms with Gasteiger partial charge in [-0.1, -0.05) is 23.7 Å². The van der Waals surface area contributed by atoms with E-state index in [2.05, 4.69) is 6.07 Å². The first kappa shape index (κ1) is 13.3. The highest BCUT2D eigenvalue weighted by Gasteiger charge is 2.14. The number of phenols is 1. The van der Waals surface area contributed by atoms with Crippen molar-refractivity contribution in [3.63, 3.8) is 0 Å². The summed E-state index contributed by atoms with van der Waals surface area (Å²) in [4.78, 5) is 1.93. The van der Waals surface area contributed by atoms with Gasteiger partial charge in [-0.3, -0.25) is 0 Å². The molecule has 2 rings (SSSR count). The Morgan fingerprint density at radius 3 is 2.63 bits per heavy atom. The molecular weight excluding hydrogens is 260 g/mol. The predicted molar refractivity (Wildman–Crippen MR) is 77.0 cm³/mol. The Bertz CT molecular complexity index is 634. The van der Waals surface area contributed by atoms with Crippen molar-refractivity contribution >= 4 is 23.0 Å². The van der Waals surface area contributed by atoms with E-state index in [4.69, 9.17) is 11.6 Å². The van der Waals surface area contributed by atoms with Crippen LogP contribution in [0.25, 0.3) is 0 Å². The normalized spacial score (nSPS) is 9.95. The van der Waals surface area contributed by atoms with E-state index in [1.165, 1.54) is 0 Å². The first-order valence-electron chi connectivity index (χ1n) is 5.92. The zero-order valence-corrected chi connectivity index (χ0v) is 11.2. The Kier molecular flexibility index (Phi) is 3.94. The molecule has 2 aromatic carbocycles. The van der Waals surface area contributed by atoms with Crippen LogP contribution in [0.4, 0.5) is 11.4 Å². The third kappa shape index (κ3) is 2.64. The molecule has 0 aliphatic rings. The van der Waals surface area contributed by atoms with Crippen molar-refractivity contribution in [2.45, 2.75) is 6.92 Å². The van der Waals surface area contributed by atoms with Gasteiger partial charge in [0, 0.05) is 18.3 Å². The van der Waals surface area contributed by atoms with Crippen LogP contribution in [0.3, 0.4) is 0 Å². The summed E-state index contributed by atoms with van der Waals surface area (Å²) in [6.07, 6.45) is 0. The lowest BCUT2D eigenvalue weighted by Crippen LogP contribution is -2.17. The van der Waals surface area contributed by atoms with E-state index in [9.17, 15) is 10.4 Å². The predicted octanol–water partition coefficient (Wildman–Crippen LogP) is 4.08. The molecule has 0 aliphatic carbocycles. The maximum Gasteiger partial charge on any atom is 0.117 e. The van der Waals surface area contributed by atoms with Crippen LogP contribution in [0.15, 0.2) is 42.5 Å².